The fourth-order valence-electron chi connectivity index (χ4n) is 3.56. The molecule has 12 nitrogen and oxygen atoms in total. The van der Waals surface area contributed by atoms with Crippen molar-refractivity contribution in [2.45, 2.75) is 13.2 Å². The van der Waals surface area contributed by atoms with Crippen molar-refractivity contribution in [2.24, 2.45) is 0 Å². The SMILES string of the molecule is COc1ccc(F)c(F)c1COc1cc(-n2c(=O)[nH]c3c(OC)nc(CO)nc32)c(Cl)cc1OCC(=O)O. The number of imidazole rings is 1. The minimum atomic E-state index is -1.30. The third-order valence-corrected chi connectivity index (χ3v) is 5.54. The molecule has 2 aromatic carbocycles. The summed E-state index contributed by atoms with van der Waals surface area (Å²) in [6, 6.07) is 4.51. The first-order valence-electron chi connectivity index (χ1n) is 10.7. The predicted molar refractivity (Wildman–Crippen MR) is 127 cm³/mol. The lowest BCUT2D eigenvalue weighted by Crippen LogP contribution is -2.16. The van der Waals surface area contributed by atoms with Gasteiger partial charge in [-0.2, -0.15) is 4.98 Å². The molecule has 0 spiro atoms. The van der Waals surface area contributed by atoms with Gasteiger partial charge in [0, 0.05) is 12.1 Å². The van der Waals surface area contributed by atoms with Crippen LogP contribution in [0.15, 0.2) is 29.1 Å². The van der Waals surface area contributed by atoms with E-state index in [4.69, 9.17) is 35.7 Å². The number of aliphatic carboxylic acids is 1. The molecule has 0 radical (unpaired) electrons. The molecule has 3 N–H and O–H groups in total. The molecule has 0 saturated heterocycles. The van der Waals surface area contributed by atoms with Crippen molar-refractivity contribution in [2.75, 3.05) is 20.8 Å². The Morgan fingerprint density at radius 2 is 1.84 bits per heavy atom. The summed E-state index contributed by atoms with van der Waals surface area (Å²) in [4.78, 5) is 34.7. The van der Waals surface area contributed by atoms with Crippen LogP contribution in [0, 0.1) is 11.6 Å². The molecule has 4 aromatic rings. The molecular weight excluding hydrogens is 534 g/mol. The number of methoxy groups -OCH3 is 2. The summed E-state index contributed by atoms with van der Waals surface area (Å²) >= 11 is 6.43. The van der Waals surface area contributed by atoms with Crippen LogP contribution in [0.2, 0.25) is 5.02 Å². The number of carbonyl (C=O) groups is 1. The van der Waals surface area contributed by atoms with Crippen molar-refractivity contribution >= 4 is 28.7 Å². The van der Waals surface area contributed by atoms with Crippen LogP contribution < -0.4 is 24.6 Å². The molecular formula is C23H19ClF2N4O8. The number of aliphatic hydroxyl groups excluding tert-OH is 1. The fourth-order valence-corrected chi connectivity index (χ4v) is 3.79. The second-order valence-corrected chi connectivity index (χ2v) is 7.94. The Morgan fingerprint density at radius 3 is 2.50 bits per heavy atom. The molecule has 0 amide bonds. The van der Waals surface area contributed by atoms with Crippen molar-refractivity contribution in [1.82, 2.24) is 19.5 Å². The monoisotopic (exact) mass is 552 g/mol. The fraction of sp³-hybridized carbons (Fsp3) is 0.217. The molecule has 0 unspecified atom stereocenters. The lowest BCUT2D eigenvalue weighted by atomic mass is 10.2. The standard InChI is InChI=1S/C23H19ClF2N4O8/c1-35-14-4-3-12(25)19(26)10(14)8-37-16-6-13(11(24)5-15(16)38-9-18(32)33)30-21-20(29-23(30)34)22(36-2)28-17(7-31)27-21/h3-6,31H,7-9H2,1-2H3,(H,29,34)(H,32,33). The Labute approximate surface area is 216 Å². The van der Waals surface area contributed by atoms with Gasteiger partial charge in [-0.1, -0.05) is 11.6 Å². The minimum absolute atomic E-state index is 0.000678. The van der Waals surface area contributed by atoms with Crippen molar-refractivity contribution in [3.8, 4) is 28.8 Å². The average Bonchev–Trinajstić information content (AvgIpc) is 3.23. The van der Waals surface area contributed by atoms with Gasteiger partial charge in [0.2, 0.25) is 5.88 Å². The molecule has 0 aliphatic heterocycles. The van der Waals surface area contributed by atoms with Gasteiger partial charge in [-0.25, -0.2) is 27.9 Å². The largest absolute Gasteiger partial charge is 0.496 e. The highest BCUT2D eigenvalue weighted by molar-refractivity contribution is 6.32. The van der Waals surface area contributed by atoms with E-state index in [9.17, 15) is 23.5 Å². The van der Waals surface area contributed by atoms with Gasteiger partial charge in [-0.3, -0.25) is 4.98 Å². The van der Waals surface area contributed by atoms with E-state index in [1.807, 2.05) is 0 Å². The van der Waals surface area contributed by atoms with Crippen LogP contribution in [-0.2, 0) is 18.0 Å². The van der Waals surface area contributed by atoms with Gasteiger partial charge in [-0.15, -0.1) is 0 Å². The molecule has 200 valence electrons. The molecule has 0 saturated carbocycles. The first kappa shape index (κ1) is 26.6. The number of benzene rings is 2. The summed E-state index contributed by atoms with van der Waals surface area (Å²) < 4.78 is 50.6. The summed E-state index contributed by atoms with van der Waals surface area (Å²) in [5.41, 5.74) is -0.881. The second-order valence-electron chi connectivity index (χ2n) is 7.54. The molecule has 15 heteroatoms. The van der Waals surface area contributed by atoms with Gasteiger partial charge in [0.1, 0.15) is 24.5 Å². The molecule has 0 bridgehead atoms. The Morgan fingerprint density at radius 1 is 1.11 bits per heavy atom. The second kappa shape index (κ2) is 10.9. The van der Waals surface area contributed by atoms with Crippen LogP contribution in [0.5, 0.6) is 23.1 Å². The molecule has 0 atom stereocenters. The Hall–Kier alpha value is -4.43. The van der Waals surface area contributed by atoms with E-state index in [1.165, 1.54) is 32.4 Å². The van der Waals surface area contributed by atoms with Crippen LogP contribution >= 0.6 is 11.6 Å². The number of rotatable bonds is 10. The summed E-state index contributed by atoms with van der Waals surface area (Å²) in [5.74, 6) is -4.04. The zero-order chi connectivity index (χ0) is 27.6. The molecule has 0 aliphatic rings. The van der Waals surface area contributed by atoms with E-state index in [0.717, 1.165) is 10.6 Å². The van der Waals surface area contributed by atoms with Crippen molar-refractivity contribution in [1.29, 1.82) is 0 Å². The van der Waals surface area contributed by atoms with E-state index in [2.05, 4.69) is 15.0 Å². The molecule has 2 aromatic heterocycles. The maximum atomic E-state index is 14.5. The van der Waals surface area contributed by atoms with Crippen LogP contribution in [0.25, 0.3) is 16.9 Å². The topological polar surface area (TPSA) is 158 Å². The summed E-state index contributed by atoms with van der Waals surface area (Å²) in [6.07, 6.45) is 0. The zero-order valence-corrected chi connectivity index (χ0v) is 20.5. The number of nitrogens with zero attached hydrogens (tertiary/aromatic N) is 3. The van der Waals surface area contributed by atoms with E-state index < -0.39 is 43.1 Å². The van der Waals surface area contributed by atoms with Gasteiger partial charge in [0.05, 0.1) is 30.5 Å². The van der Waals surface area contributed by atoms with Gasteiger partial charge in [-0.05, 0) is 12.1 Å². The van der Waals surface area contributed by atoms with E-state index in [0.29, 0.717) is 0 Å². The Kier molecular flexibility index (Phi) is 7.64. The quantitative estimate of drug-likeness (QED) is 0.267. The number of aliphatic hydroxyl groups is 1. The third kappa shape index (κ3) is 5.03. The van der Waals surface area contributed by atoms with Crippen LogP contribution in [0.1, 0.15) is 11.4 Å². The number of carboxylic acids is 1. The molecule has 0 fully saturated rings. The number of hydrogen-bond donors (Lipinski definition) is 3. The highest BCUT2D eigenvalue weighted by Crippen LogP contribution is 2.37. The maximum Gasteiger partial charge on any atom is 0.341 e. The number of aromatic nitrogens is 4. The summed E-state index contributed by atoms with van der Waals surface area (Å²) in [7, 11) is 2.57. The normalized spacial score (nSPS) is 11.0. The lowest BCUT2D eigenvalue weighted by molar-refractivity contribution is -0.139. The first-order chi connectivity index (χ1) is 18.2. The number of H-pyrrole nitrogens is 1. The molecule has 2 heterocycles. The maximum absolute atomic E-state index is 14.5. The number of halogens is 3. The van der Waals surface area contributed by atoms with Crippen molar-refractivity contribution in [3.63, 3.8) is 0 Å². The average molecular weight is 553 g/mol. The Balaban J connectivity index is 1.86. The molecule has 4 rings (SSSR count). The van der Waals surface area contributed by atoms with Gasteiger partial charge >= 0.3 is 11.7 Å². The number of carboxylic acid groups (broad SMARTS) is 1. The molecule has 0 aliphatic carbocycles. The van der Waals surface area contributed by atoms with Crippen molar-refractivity contribution in [3.05, 3.63) is 62.8 Å². The van der Waals surface area contributed by atoms with E-state index >= 15 is 0 Å². The van der Waals surface area contributed by atoms with Crippen molar-refractivity contribution < 1.29 is 42.7 Å². The minimum Gasteiger partial charge on any atom is -0.496 e. The smallest absolute Gasteiger partial charge is 0.341 e. The predicted octanol–water partition coefficient (Wildman–Crippen LogP) is 2.59. The number of nitrogens with one attached hydrogen (secondary N) is 1. The Bertz CT molecular complexity index is 1590. The summed E-state index contributed by atoms with van der Waals surface area (Å²) in [5, 5.41) is 18.5. The number of fused-ring (bicyclic) bond motifs is 1. The number of hydrogen-bond acceptors (Lipinski definition) is 9. The van der Waals surface area contributed by atoms with Crippen LogP contribution in [-0.4, -0.2) is 56.5 Å². The highest BCUT2D eigenvalue weighted by Gasteiger charge is 2.22. The lowest BCUT2D eigenvalue weighted by Gasteiger charge is -2.16. The van der Waals surface area contributed by atoms with Gasteiger partial charge < -0.3 is 29.2 Å². The number of aromatic amines is 1. The number of ether oxygens (including phenoxy) is 4. The van der Waals surface area contributed by atoms with E-state index in [1.54, 1.807) is 0 Å². The highest BCUT2D eigenvalue weighted by atomic mass is 35.5. The first-order valence-corrected chi connectivity index (χ1v) is 11.0. The van der Waals surface area contributed by atoms with Gasteiger partial charge in [0.15, 0.2) is 41.2 Å². The summed E-state index contributed by atoms with van der Waals surface area (Å²) in [6.45, 7) is -1.90. The van der Waals surface area contributed by atoms with Crippen LogP contribution in [0.4, 0.5) is 8.78 Å². The van der Waals surface area contributed by atoms with Crippen LogP contribution in [0.3, 0.4) is 0 Å². The van der Waals surface area contributed by atoms with Gasteiger partial charge in [0.25, 0.3) is 0 Å². The third-order valence-electron chi connectivity index (χ3n) is 5.23. The molecule has 38 heavy (non-hydrogen) atoms. The van der Waals surface area contributed by atoms with E-state index in [-0.39, 0.29) is 56.4 Å². The zero-order valence-electron chi connectivity index (χ0n) is 19.8.